The summed E-state index contributed by atoms with van der Waals surface area (Å²) in [6, 6.07) is 5.23. The normalized spacial score (nSPS) is 11.3. The van der Waals surface area contributed by atoms with Crippen LogP contribution in [0.15, 0.2) is 41.3 Å². The molecule has 104 valence electrons. The highest BCUT2D eigenvalue weighted by Crippen LogP contribution is 2.36. The molecule has 0 spiro atoms. The van der Waals surface area contributed by atoms with Crippen molar-refractivity contribution in [1.29, 1.82) is 0 Å². The van der Waals surface area contributed by atoms with Gasteiger partial charge in [-0.2, -0.15) is 13.2 Å². The lowest BCUT2D eigenvalue weighted by Crippen LogP contribution is -2.13. The van der Waals surface area contributed by atoms with E-state index in [1.54, 1.807) is 0 Å². The number of aromatic nitrogens is 1. The van der Waals surface area contributed by atoms with Crippen molar-refractivity contribution in [2.24, 2.45) is 0 Å². The zero-order chi connectivity index (χ0) is 14.9. The summed E-state index contributed by atoms with van der Waals surface area (Å²) in [5.41, 5.74) is -3.13. The molecule has 0 amide bonds. The molecule has 0 aliphatic rings. The van der Waals surface area contributed by atoms with Gasteiger partial charge in [-0.05, 0) is 11.6 Å². The highest BCUT2D eigenvalue weighted by atomic mass is 19.4. The molecule has 2 aromatic rings. The molecule has 1 aromatic heterocycles. The molecule has 0 saturated heterocycles. The Morgan fingerprint density at radius 2 is 1.80 bits per heavy atom. The molecule has 1 heterocycles. The first kappa shape index (κ1) is 13.8. The van der Waals surface area contributed by atoms with Gasteiger partial charge in [-0.25, -0.2) is 0 Å². The Hall–Kier alpha value is -2.64. The van der Waals surface area contributed by atoms with E-state index in [1.165, 1.54) is 12.1 Å². The van der Waals surface area contributed by atoms with Crippen molar-refractivity contribution in [2.45, 2.75) is 6.18 Å². The second kappa shape index (κ2) is 4.80. The summed E-state index contributed by atoms with van der Waals surface area (Å²) in [5, 5.41) is 10.6. The van der Waals surface area contributed by atoms with Crippen LogP contribution in [0.4, 0.5) is 18.9 Å². The number of nitrogens with one attached hydrogen (secondary N) is 1. The van der Waals surface area contributed by atoms with Gasteiger partial charge in [-0.1, -0.05) is 18.2 Å². The average Bonchev–Trinajstić information content (AvgIpc) is 2.38. The van der Waals surface area contributed by atoms with Gasteiger partial charge in [-0.3, -0.25) is 14.9 Å². The van der Waals surface area contributed by atoms with Crippen LogP contribution in [-0.2, 0) is 6.18 Å². The summed E-state index contributed by atoms with van der Waals surface area (Å²) in [6.45, 7) is 0. The maximum Gasteiger partial charge on any atom is 0.417 e. The third-order valence-electron chi connectivity index (χ3n) is 2.62. The van der Waals surface area contributed by atoms with E-state index in [4.69, 9.17) is 0 Å². The first-order chi connectivity index (χ1) is 9.30. The van der Waals surface area contributed by atoms with E-state index in [0.29, 0.717) is 0 Å². The second-order valence-corrected chi connectivity index (χ2v) is 3.90. The Labute approximate surface area is 109 Å². The molecule has 0 atom stereocenters. The Kier molecular flexibility index (Phi) is 3.31. The summed E-state index contributed by atoms with van der Waals surface area (Å²) >= 11 is 0. The van der Waals surface area contributed by atoms with Crippen LogP contribution < -0.4 is 5.56 Å². The van der Waals surface area contributed by atoms with E-state index in [0.717, 1.165) is 24.4 Å². The van der Waals surface area contributed by atoms with Gasteiger partial charge in [0.05, 0.1) is 22.2 Å². The van der Waals surface area contributed by atoms with Gasteiger partial charge in [0.25, 0.3) is 11.2 Å². The number of hydrogen-bond acceptors (Lipinski definition) is 3. The minimum absolute atomic E-state index is 0.396. The summed E-state index contributed by atoms with van der Waals surface area (Å²) in [6.07, 6.45) is -3.82. The molecule has 0 aliphatic carbocycles. The number of nitrogens with zero attached hydrogens (tertiary/aromatic N) is 1. The molecule has 0 unspecified atom stereocenters. The number of hydrogen-bond donors (Lipinski definition) is 1. The van der Waals surface area contributed by atoms with E-state index in [-0.39, 0.29) is 0 Å². The third kappa shape index (κ3) is 2.53. The van der Waals surface area contributed by atoms with Crippen LogP contribution in [0.2, 0.25) is 0 Å². The quantitative estimate of drug-likeness (QED) is 0.680. The SMILES string of the molecule is O=c1[nH]cc([N+](=O)[O-])cc1-c1ccccc1C(F)(F)F. The monoisotopic (exact) mass is 284 g/mol. The van der Waals surface area contributed by atoms with E-state index in [9.17, 15) is 28.1 Å². The van der Waals surface area contributed by atoms with Crippen molar-refractivity contribution < 1.29 is 18.1 Å². The fourth-order valence-electron chi connectivity index (χ4n) is 1.74. The molecule has 1 N–H and O–H groups in total. The van der Waals surface area contributed by atoms with Crippen LogP contribution in [0, 0.1) is 10.1 Å². The molecule has 0 aliphatic heterocycles. The number of nitro groups is 1. The Balaban J connectivity index is 2.72. The van der Waals surface area contributed by atoms with E-state index in [2.05, 4.69) is 4.98 Å². The molecule has 8 heteroatoms. The van der Waals surface area contributed by atoms with Crippen LogP contribution in [0.3, 0.4) is 0 Å². The number of benzene rings is 1. The largest absolute Gasteiger partial charge is 0.417 e. The van der Waals surface area contributed by atoms with Gasteiger partial charge < -0.3 is 4.98 Å². The molecular weight excluding hydrogens is 277 g/mol. The minimum Gasteiger partial charge on any atom is -0.322 e. The Morgan fingerprint density at radius 3 is 2.40 bits per heavy atom. The van der Waals surface area contributed by atoms with Crippen molar-refractivity contribution in [3.05, 3.63) is 62.6 Å². The lowest BCUT2D eigenvalue weighted by atomic mass is 10.0. The lowest BCUT2D eigenvalue weighted by molar-refractivity contribution is -0.385. The number of rotatable bonds is 2. The number of halogens is 3. The molecule has 0 saturated carbocycles. The van der Waals surface area contributed by atoms with Crippen LogP contribution >= 0.6 is 0 Å². The van der Waals surface area contributed by atoms with Crippen molar-refractivity contribution in [1.82, 2.24) is 4.98 Å². The first-order valence-electron chi connectivity index (χ1n) is 5.34. The van der Waals surface area contributed by atoms with Crippen LogP contribution in [0.5, 0.6) is 0 Å². The summed E-state index contributed by atoms with van der Waals surface area (Å²) in [4.78, 5) is 23.5. The topological polar surface area (TPSA) is 76.0 Å². The lowest BCUT2D eigenvalue weighted by Gasteiger charge is -2.11. The number of pyridine rings is 1. The minimum atomic E-state index is -4.66. The molecule has 1 aromatic carbocycles. The highest BCUT2D eigenvalue weighted by Gasteiger charge is 2.34. The highest BCUT2D eigenvalue weighted by molar-refractivity contribution is 5.69. The van der Waals surface area contributed by atoms with Crippen molar-refractivity contribution >= 4 is 5.69 Å². The fourth-order valence-corrected chi connectivity index (χ4v) is 1.74. The maximum absolute atomic E-state index is 12.9. The maximum atomic E-state index is 12.9. The van der Waals surface area contributed by atoms with E-state index >= 15 is 0 Å². The van der Waals surface area contributed by atoms with Crippen molar-refractivity contribution in [3.8, 4) is 11.1 Å². The molecular formula is C12H7F3N2O3. The third-order valence-corrected chi connectivity index (χ3v) is 2.62. The summed E-state index contributed by atoms with van der Waals surface area (Å²) in [7, 11) is 0. The second-order valence-electron chi connectivity index (χ2n) is 3.90. The van der Waals surface area contributed by atoms with Gasteiger partial charge in [0, 0.05) is 6.07 Å². The van der Waals surface area contributed by atoms with Gasteiger partial charge in [0.1, 0.15) is 0 Å². The Morgan fingerprint density at radius 1 is 1.15 bits per heavy atom. The molecule has 2 rings (SSSR count). The summed E-state index contributed by atoms with van der Waals surface area (Å²) in [5.74, 6) is 0. The van der Waals surface area contributed by atoms with Gasteiger partial charge >= 0.3 is 6.18 Å². The van der Waals surface area contributed by atoms with Crippen molar-refractivity contribution in [3.63, 3.8) is 0 Å². The number of alkyl halides is 3. The molecule has 0 bridgehead atoms. The van der Waals surface area contributed by atoms with Crippen LogP contribution in [0.25, 0.3) is 11.1 Å². The van der Waals surface area contributed by atoms with E-state index < -0.39 is 39.0 Å². The smallest absolute Gasteiger partial charge is 0.322 e. The molecule has 5 nitrogen and oxygen atoms in total. The van der Waals surface area contributed by atoms with Crippen molar-refractivity contribution in [2.75, 3.05) is 0 Å². The van der Waals surface area contributed by atoms with Gasteiger partial charge in [-0.15, -0.1) is 0 Å². The standard InChI is InChI=1S/C12H7F3N2O3/c13-12(14,15)10-4-2-1-3-8(10)9-5-7(17(19)20)6-16-11(9)18/h1-6H,(H,16,18). The van der Waals surface area contributed by atoms with Crippen LogP contribution in [0.1, 0.15) is 5.56 Å². The zero-order valence-corrected chi connectivity index (χ0v) is 9.77. The van der Waals surface area contributed by atoms with E-state index in [1.807, 2.05) is 0 Å². The predicted octanol–water partition coefficient (Wildman–Crippen LogP) is 2.97. The van der Waals surface area contributed by atoms with Crippen LogP contribution in [-0.4, -0.2) is 9.91 Å². The molecule has 0 radical (unpaired) electrons. The first-order valence-corrected chi connectivity index (χ1v) is 5.34. The molecule has 0 fully saturated rings. The number of aromatic amines is 1. The fraction of sp³-hybridized carbons (Fsp3) is 0.0833. The average molecular weight is 284 g/mol. The number of H-pyrrole nitrogens is 1. The molecule has 20 heavy (non-hydrogen) atoms. The zero-order valence-electron chi connectivity index (χ0n) is 9.77. The van der Waals surface area contributed by atoms with Gasteiger partial charge in [0.2, 0.25) is 0 Å². The Bertz CT molecular complexity index is 722. The predicted molar refractivity (Wildman–Crippen MR) is 64.2 cm³/mol. The summed E-state index contributed by atoms with van der Waals surface area (Å²) < 4.78 is 38.6. The van der Waals surface area contributed by atoms with Gasteiger partial charge in [0.15, 0.2) is 0 Å².